The number of rotatable bonds is 4. The lowest BCUT2D eigenvalue weighted by Gasteiger charge is -2.12. The summed E-state index contributed by atoms with van der Waals surface area (Å²) < 4.78 is 5.34. The van der Waals surface area contributed by atoms with Crippen molar-refractivity contribution in [2.45, 2.75) is 6.54 Å². The van der Waals surface area contributed by atoms with Crippen molar-refractivity contribution in [1.29, 1.82) is 0 Å². The number of benzene rings is 2. The lowest BCUT2D eigenvalue weighted by molar-refractivity contribution is 0.416. The molecule has 100 valence electrons. The molecular weight excluding hydrogens is 248 g/mol. The van der Waals surface area contributed by atoms with Crippen molar-refractivity contribution >= 4 is 16.5 Å². The first-order valence-electron chi connectivity index (χ1n) is 6.57. The molecule has 0 saturated heterocycles. The van der Waals surface area contributed by atoms with Crippen LogP contribution in [0.3, 0.4) is 0 Å². The van der Waals surface area contributed by atoms with Crippen molar-refractivity contribution in [1.82, 2.24) is 4.98 Å². The molecule has 0 aliphatic heterocycles. The molecular formula is C17H16N2O. The number of nitrogens with one attached hydrogen (secondary N) is 1. The van der Waals surface area contributed by atoms with Crippen LogP contribution in [0.1, 0.15) is 5.56 Å². The summed E-state index contributed by atoms with van der Waals surface area (Å²) in [4.78, 5) is 4.30. The molecule has 0 amide bonds. The van der Waals surface area contributed by atoms with Crippen molar-refractivity contribution in [3.63, 3.8) is 0 Å². The molecule has 0 aliphatic carbocycles. The summed E-state index contributed by atoms with van der Waals surface area (Å²) in [5.74, 6) is 0.848. The zero-order valence-electron chi connectivity index (χ0n) is 11.3. The second kappa shape index (κ2) is 5.61. The summed E-state index contributed by atoms with van der Waals surface area (Å²) in [5.41, 5.74) is 2.16. The van der Waals surface area contributed by atoms with Gasteiger partial charge in [-0.05, 0) is 23.1 Å². The quantitative estimate of drug-likeness (QED) is 0.777. The SMILES string of the molecule is COc1ccccc1NCc1cncc2ccccc12. The highest BCUT2D eigenvalue weighted by Gasteiger charge is 2.04. The Kier molecular flexibility index (Phi) is 3.50. The van der Waals surface area contributed by atoms with Crippen LogP contribution in [0.25, 0.3) is 10.8 Å². The van der Waals surface area contributed by atoms with Gasteiger partial charge in [0.2, 0.25) is 0 Å². The van der Waals surface area contributed by atoms with Crippen LogP contribution in [0.5, 0.6) is 5.75 Å². The van der Waals surface area contributed by atoms with Gasteiger partial charge in [-0.15, -0.1) is 0 Å². The molecule has 0 bridgehead atoms. The monoisotopic (exact) mass is 264 g/mol. The molecule has 0 unspecified atom stereocenters. The maximum Gasteiger partial charge on any atom is 0.141 e. The van der Waals surface area contributed by atoms with E-state index in [1.54, 1.807) is 7.11 Å². The zero-order valence-corrected chi connectivity index (χ0v) is 11.3. The topological polar surface area (TPSA) is 34.1 Å². The van der Waals surface area contributed by atoms with Crippen molar-refractivity contribution < 1.29 is 4.74 Å². The average molecular weight is 264 g/mol. The third-order valence-corrected chi connectivity index (χ3v) is 3.33. The number of methoxy groups -OCH3 is 1. The Labute approximate surface area is 118 Å². The number of aromatic nitrogens is 1. The molecule has 0 aliphatic rings. The van der Waals surface area contributed by atoms with Gasteiger partial charge >= 0.3 is 0 Å². The third kappa shape index (κ3) is 2.43. The van der Waals surface area contributed by atoms with Gasteiger partial charge in [-0.2, -0.15) is 0 Å². The summed E-state index contributed by atoms with van der Waals surface area (Å²) >= 11 is 0. The highest BCUT2D eigenvalue weighted by Crippen LogP contribution is 2.25. The minimum absolute atomic E-state index is 0.717. The van der Waals surface area contributed by atoms with E-state index < -0.39 is 0 Å². The van der Waals surface area contributed by atoms with Crippen LogP contribution in [-0.4, -0.2) is 12.1 Å². The molecule has 2 aromatic carbocycles. The molecule has 0 atom stereocenters. The van der Waals surface area contributed by atoms with Crippen LogP contribution in [0, 0.1) is 0 Å². The van der Waals surface area contributed by atoms with Crippen LogP contribution in [0.4, 0.5) is 5.69 Å². The fourth-order valence-electron chi connectivity index (χ4n) is 2.30. The Morgan fingerprint density at radius 1 is 1.00 bits per heavy atom. The molecule has 0 saturated carbocycles. The molecule has 1 heterocycles. The van der Waals surface area contributed by atoms with E-state index in [1.807, 2.05) is 42.7 Å². The fraction of sp³-hybridized carbons (Fsp3) is 0.118. The molecule has 0 fully saturated rings. The number of hydrogen-bond acceptors (Lipinski definition) is 3. The normalized spacial score (nSPS) is 10.4. The minimum atomic E-state index is 0.717. The molecule has 1 aromatic heterocycles. The van der Waals surface area contributed by atoms with Crippen LogP contribution in [0.2, 0.25) is 0 Å². The largest absolute Gasteiger partial charge is 0.495 e. The van der Waals surface area contributed by atoms with E-state index in [4.69, 9.17) is 4.74 Å². The first-order valence-corrected chi connectivity index (χ1v) is 6.57. The Morgan fingerprint density at radius 2 is 1.80 bits per heavy atom. The Bertz CT molecular complexity index is 720. The summed E-state index contributed by atoms with van der Waals surface area (Å²) in [6, 6.07) is 16.2. The Morgan fingerprint density at radius 3 is 2.70 bits per heavy atom. The third-order valence-electron chi connectivity index (χ3n) is 3.33. The Hall–Kier alpha value is -2.55. The predicted octanol–water partition coefficient (Wildman–Crippen LogP) is 3.86. The van der Waals surface area contributed by atoms with Crippen molar-refractivity contribution in [3.8, 4) is 5.75 Å². The highest BCUT2D eigenvalue weighted by molar-refractivity contribution is 5.84. The molecule has 20 heavy (non-hydrogen) atoms. The van der Waals surface area contributed by atoms with E-state index in [0.717, 1.165) is 16.8 Å². The molecule has 3 rings (SSSR count). The number of fused-ring (bicyclic) bond motifs is 1. The van der Waals surface area contributed by atoms with Crippen LogP contribution < -0.4 is 10.1 Å². The van der Waals surface area contributed by atoms with E-state index >= 15 is 0 Å². The van der Waals surface area contributed by atoms with Gasteiger partial charge in [-0.25, -0.2) is 0 Å². The lowest BCUT2D eigenvalue weighted by Crippen LogP contribution is -2.02. The predicted molar refractivity (Wildman–Crippen MR) is 82.1 cm³/mol. The molecule has 1 N–H and O–H groups in total. The van der Waals surface area contributed by atoms with Crippen molar-refractivity contribution in [2.75, 3.05) is 12.4 Å². The van der Waals surface area contributed by atoms with E-state index in [0.29, 0.717) is 6.54 Å². The standard InChI is InChI=1S/C17H16N2O/c1-20-17-9-5-4-8-16(17)19-12-14-11-18-10-13-6-2-3-7-15(13)14/h2-11,19H,12H2,1H3. The summed E-state index contributed by atoms with van der Waals surface area (Å²) in [6.45, 7) is 0.717. The lowest BCUT2D eigenvalue weighted by atomic mass is 10.1. The van der Waals surface area contributed by atoms with E-state index in [9.17, 15) is 0 Å². The Balaban J connectivity index is 1.87. The summed E-state index contributed by atoms with van der Waals surface area (Å²) in [6.07, 6.45) is 3.80. The van der Waals surface area contributed by atoms with Gasteiger partial charge in [-0.1, -0.05) is 36.4 Å². The van der Waals surface area contributed by atoms with Crippen LogP contribution in [0.15, 0.2) is 60.9 Å². The fourth-order valence-corrected chi connectivity index (χ4v) is 2.30. The molecule has 3 aromatic rings. The molecule has 3 nitrogen and oxygen atoms in total. The number of ether oxygens (including phenoxy) is 1. The van der Waals surface area contributed by atoms with Gasteiger partial charge in [-0.3, -0.25) is 4.98 Å². The second-order valence-electron chi connectivity index (χ2n) is 4.57. The van der Waals surface area contributed by atoms with Crippen LogP contribution >= 0.6 is 0 Å². The number of para-hydroxylation sites is 2. The smallest absolute Gasteiger partial charge is 0.141 e. The van der Waals surface area contributed by atoms with Gasteiger partial charge in [0.25, 0.3) is 0 Å². The van der Waals surface area contributed by atoms with Crippen molar-refractivity contribution in [3.05, 3.63) is 66.5 Å². The van der Waals surface area contributed by atoms with E-state index in [-0.39, 0.29) is 0 Å². The van der Waals surface area contributed by atoms with Gasteiger partial charge in [0.05, 0.1) is 12.8 Å². The number of nitrogens with zero attached hydrogens (tertiary/aromatic N) is 1. The summed E-state index contributed by atoms with van der Waals surface area (Å²) in [5, 5.41) is 5.79. The van der Waals surface area contributed by atoms with Crippen molar-refractivity contribution in [2.24, 2.45) is 0 Å². The van der Waals surface area contributed by atoms with Gasteiger partial charge in [0.15, 0.2) is 0 Å². The molecule has 0 radical (unpaired) electrons. The number of pyridine rings is 1. The zero-order chi connectivity index (χ0) is 13.8. The van der Waals surface area contributed by atoms with Gasteiger partial charge in [0, 0.05) is 24.3 Å². The van der Waals surface area contributed by atoms with Gasteiger partial charge < -0.3 is 10.1 Å². The number of anilines is 1. The highest BCUT2D eigenvalue weighted by atomic mass is 16.5. The second-order valence-corrected chi connectivity index (χ2v) is 4.57. The van der Waals surface area contributed by atoms with Gasteiger partial charge in [0.1, 0.15) is 5.75 Å². The number of hydrogen-bond donors (Lipinski definition) is 1. The first-order chi connectivity index (χ1) is 9.88. The molecule has 3 heteroatoms. The summed E-state index contributed by atoms with van der Waals surface area (Å²) in [7, 11) is 1.68. The maximum atomic E-state index is 5.34. The maximum absolute atomic E-state index is 5.34. The average Bonchev–Trinajstić information content (AvgIpc) is 2.53. The first kappa shape index (κ1) is 12.5. The van der Waals surface area contributed by atoms with E-state index in [2.05, 4.69) is 28.5 Å². The minimum Gasteiger partial charge on any atom is -0.495 e. The van der Waals surface area contributed by atoms with Crippen LogP contribution in [-0.2, 0) is 6.54 Å². The van der Waals surface area contributed by atoms with E-state index in [1.165, 1.54) is 10.9 Å². The molecule has 0 spiro atoms.